The number of aromatic nitrogens is 2. The number of nitrogens with zero attached hydrogens (tertiary/aromatic N) is 3. The highest BCUT2D eigenvalue weighted by atomic mass is 32.2. The molecular weight excluding hydrogens is 525 g/mol. The van der Waals surface area contributed by atoms with Crippen molar-refractivity contribution in [3.05, 3.63) is 70.0 Å². The summed E-state index contributed by atoms with van der Waals surface area (Å²) in [5.74, 6) is -0.139. The Balaban J connectivity index is 1.41. The molecule has 12 heteroatoms. The fourth-order valence-electron chi connectivity index (χ4n) is 4.34. The molecule has 3 aromatic rings. The van der Waals surface area contributed by atoms with Crippen LogP contribution in [0.5, 0.6) is 0 Å². The van der Waals surface area contributed by atoms with Crippen LogP contribution >= 0.6 is 11.3 Å². The molecule has 0 aliphatic carbocycles. The third kappa shape index (κ3) is 6.19. The van der Waals surface area contributed by atoms with Crippen LogP contribution < -0.4 is 5.32 Å². The summed E-state index contributed by atoms with van der Waals surface area (Å²) >= 11 is 1.38. The number of anilines is 1. The zero-order valence-corrected chi connectivity index (χ0v) is 22.2. The zero-order valence-electron chi connectivity index (χ0n) is 20.5. The van der Waals surface area contributed by atoms with E-state index >= 15 is 0 Å². The summed E-state index contributed by atoms with van der Waals surface area (Å²) in [4.78, 5) is 24.7. The average molecular weight is 553 g/mol. The topological polar surface area (TPSA) is 92.3 Å². The van der Waals surface area contributed by atoms with E-state index < -0.39 is 21.6 Å². The number of pyridine rings is 1. The number of nitrogens with one attached hydrogen (secondary N) is 1. The Labute approximate surface area is 217 Å². The zero-order chi connectivity index (χ0) is 27.0. The molecule has 1 N–H and O–H groups in total. The van der Waals surface area contributed by atoms with E-state index in [0.29, 0.717) is 23.9 Å². The highest BCUT2D eigenvalue weighted by Gasteiger charge is 2.36. The summed E-state index contributed by atoms with van der Waals surface area (Å²) in [5.41, 5.74) is 1.43. The molecule has 0 saturated heterocycles. The highest BCUT2D eigenvalue weighted by Crippen LogP contribution is 2.43. The minimum absolute atomic E-state index is 0.0235. The molecule has 0 unspecified atom stereocenters. The van der Waals surface area contributed by atoms with Crippen LogP contribution in [-0.4, -0.2) is 34.9 Å². The minimum atomic E-state index is -4.36. The van der Waals surface area contributed by atoms with Gasteiger partial charge in [0.25, 0.3) is 0 Å². The van der Waals surface area contributed by atoms with Gasteiger partial charge in [-0.25, -0.2) is 13.4 Å². The summed E-state index contributed by atoms with van der Waals surface area (Å²) in [7, 11) is -3.36. The molecule has 3 heterocycles. The van der Waals surface area contributed by atoms with E-state index in [9.17, 15) is 26.4 Å². The summed E-state index contributed by atoms with van der Waals surface area (Å²) < 4.78 is 62.5. The lowest BCUT2D eigenvalue weighted by Gasteiger charge is -2.27. The molecule has 0 bridgehead atoms. The SMILES string of the molecule is CCS(=O)(=O)c1ccc(CC(=O)Nc2nc3c(s2)CN(Cc2ccc(C(F)(F)F)cc2)[C@H]3C(C)C)nc1. The van der Waals surface area contributed by atoms with E-state index in [1.54, 1.807) is 6.92 Å². The van der Waals surface area contributed by atoms with E-state index in [4.69, 9.17) is 0 Å². The van der Waals surface area contributed by atoms with Crippen molar-refractivity contribution < 1.29 is 26.4 Å². The molecule has 198 valence electrons. The van der Waals surface area contributed by atoms with E-state index in [1.165, 1.54) is 41.8 Å². The van der Waals surface area contributed by atoms with Crippen molar-refractivity contribution in [3.8, 4) is 0 Å². The number of sulfone groups is 1. The van der Waals surface area contributed by atoms with Gasteiger partial charge in [-0.15, -0.1) is 11.3 Å². The quantitative estimate of drug-likeness (QED) is 0.411. The molecule has 0 radical (unpaired) electrons. The van der Waals surface area contributed by atoms with Gasteiger partial charge in [0, 0.05) is 29.9 Å². The molecule has 7 nitrogen and oxygen atoms in total. The lowest BCUT2D eigenvalue weighted by molar-refractivity contribution is -0.137. The Morgan fingerprint density at radius 1 is 1.19 bits per heavy atom. The monoisotopic (exact) mass is 552 g/mol. The molecule has 1 atom stereocenters. The largest absolute Gasteiger partial charge is 0.416 e. The number of halogens is 3. The van der Waals surface area contributed by atoms with Crippen LogP contribution in [0.15, 0.2) is 47.5 Å². The second-order valence-corrected chi connectivity index (χ2v) is 12.6. The van der Waals surface area contributed by atoms with Gasteiger partial charge in [-0.2, -0.15) is 13.2 Å². The van der Waals surface area contributed by atoms with Crippen molar-refractivity contribution >= 4 is 32.2 Å². The molecule has 37 heavy (non-hydrogen) atoms. The molecule has 1 amide bonds. The van der Waals surface area contributed by atoms with Crippen LogP contribution in [0.25, 0.3) is 0 Å². The first-order valence-electron chi connectivity index (χ1n) is 11.7. The highest BCUT2D eigenvalue weighted by molar-refractivity contribution is 7.91. The van der Waals surface area contributed by atoms with Crippen LogP contribution in [0.2, 0.25) is 0 Å². The van der Waals surface area contributed by atoms with Crippen LogP contribution in [0.3, 0.4) is 0 Å². The third-order valence-corrected chi connectivity index (χ3v) is 8.86. The van der Waals surface area contributed by atoms with Crippen LogP contribution in [0, 0.1) is 5.92 Å². The van der Waals surface area contributed by atoms with Crippen LogP contribution in [-0.2, 0) is 40.3 Å². The fourth-order valence-corrected chi connectivity index (χ4v) is 6.20. The predicted octanol–water partition coefficient (Wildman–Crippen LogP) is 5.24. The number of thiazole rings is 1. The third-order valence-electron chi connectivity index (χ3n) is 6.17. The lowest BCUT2D eigenvalue weighted by atomic mass is 10.0. The number of rotatable bonds is 8. The standard InChI is InChI=1S/C25H27F3N4O3S2/c1-4-37(34,35)19-10-9-18(29-12-19)11-21(33)30-24-31-22-20(36-24)14-32(23(22)15(2)3)13-16-5-7-17(8-6-16)25(26,27)28/h5-10,12,15,23H,4,11,13-14H2,1-3H3,(H,30,31,33)/t23-/m0/s1. The summed E-state index contributed by atoms with van der Waals surface area (Å²) in [6, 6.07) is 8.15. The number of fused-ring (bicyclic) bond motifs is 1. The molecule has 0 saturated carbocycles. The average Bonchev–Trinajstić information content (AvgIpc) is 3.35. The normalized spacial score (nSPS) is 16.2. The molecule has 1 aliphatic rings. The Kier molecular flexibility index (Phi) is 7.72. The van der Waals surface area contributed by atoms with Gasteiger partial charge in [-0.3, -0.25) is 14.7 Å². The van der Waals surface area contributed by atoms with Crippen molar-refractivity contribution in [2.75, 3.05) is 11.1 Å². The number of hydrogen-bond donors (Lipinski definition) is 1. The van der Waals surface area contributed by atoms with E-state index in [-0.39, 0.29) is 34.9 Å². The van der Waals surface area contributed by atoms with Crippen molar-refractivity contribution in [2.24, 2.45) is 5.92 Å². The van der Waals surface area contributed by atoms with Crippen molar-refractivity contribution in [3.63, 3.8) is 0 Å². The maximum absolute atomic E-state index is 12.9. The Morgan fingerprint density at radius 3 is 2.46 bits per heavy atom. The number of carbonyl (C=O) groups excluding carboxylic acids is 1. The maximum atomic E-state index is 12.9. The van der Waals surface area contributed by atoms with Gasteiger partial charge in [0.15, 0.2) is 15.0 Å². The van der Waals surface area contributed by atoms with Crippen molar-refractivity contribution in [2.45, 2.75) is 57.4 Å². The number of amides is 1. The predicted molar refractivity (Wildman–Crippen MR) is 135 cm³/mol. The summed E-state index contributed by atoms with van der Waals surface area (Å²) in [6.07, 6.45) is -3.13. The Hall–Kier alpha value is -2.83. The number of hydrogen-bond acceptors (Lipinski definition) is 7. The summed E-state index contributed by atoms with van der Waals surface area (Å²) in [6.45, 7) is 6.75. The Bertz CT molecular complexity index is 1370. The van der Waals surface area contributed by atoms with Crippen LogP contribution in [0.4, 0.5) is 18.3 Å². The van der Waals surface area contributed by atoms with Crippen molar-refractivity contribution in [1.29, 1.82) is 0 Å². The molecule has 0 fully saturated rings. The number of benzene rings is 1. The number of carbonyl (C=O) groups is 1. The van der Waals surface area contributed by atoms with Gasteiger partial charge in [-0.1, -0.05) is 32.9 Å². The molecule has 1 aromatic carbocycles. The van der Waals surface area contributed by atoms with Crippen molar-refractivity contribution in [1.82, 2.24) is 14.9 Å². The second-order valence-electron chi connectivity index (χ2n) is 9.23. The summed E-state index contributed by atoms with van der Waals surface area (Å²) in [5, 5.41) is 3.28. The van der Waals surface area contributed by atoms with Crippen LogP contribution in [0.1, 0.15) is 54.2 Å². The van der Waals surface area contributed by atoms with Gasteiger partial charge in [-0.05, 0) is 35.7 Å². The first-order chi connectivity index (χ1) is 17.4. The smallest absolute Gasteiger partial charge is 0.302 e. The van der Waals surface area contributed by atoms with Gasteiger partial charge in [0.1, 0.15) is 0 Å². The van der Waals surface area contributed by atoms with Gasteiger partial charge in [0.05, 0.1) is 34.4 Å². The Morgan fingerprint density at radius 2 is 1.89 bits per heavy atom. The maximum Gasteiger partial charge on any atom is 0.416 e. The molecule has 4 rings (SSSR count). The molecule has 1 aliphatic heterocycles. The van der Waals surface area contributed by atoms with E-state index in [2.05, 4.69) is 34.0 Å². The first-order valence-corrected chi connectivity index (χ1v) is 14.2. The second kappa shape index (κ2) is 10.5. The van der Waals surface area contributed by atoms with E-state index in [1.807, 2.05) is 0 Å². The van der Waals surface area contributed by atoms with E-state index in [0.717, 1.165) is 28.3 Å². The molecule has 2 aromatic heterocycles. The molecule has 0 spiro atoms. The minimum Gasteiger partial charge on any atom is -0.302 e. The molecular formula is C25H27F3N4O3S2. The van der Waals surface area contributed by atoms with Gasteiger partial charge in [0.2, 0.25) is 5.91 Å². The van der Waals surface area contributed by atoms with Gasteiger partial charge >= 0.3 is 6.18 Å². The number of alkyl halides is 3. The lowest BCUT2D eigenvalue weighted by Crippen LogP contribution is -2.26. The first kappa shape index (κ1) is 27.2. The fraction of sp³-hybridized carbons (Fsp3) is 0.400. The van der Waals surface area contributed by atoms with Gasteiger partial charge < -0.3 is 5.32 Å².